The molecule has 1 aromatic rings. The third kappa shape index (κ3) is 1.70. The predicted octanol–water partition coefficient (Wildman–Crippen LogP) is 2.36. The smallest absolute Gasteiger partial charge is 0.265 e. The van der Waals surface area contributed by atoms with Crippen LogP contribution in [-0.2, 0) is 0 Å². The van der Waals surface area contributed by atoms with Gasteiger partial charge in [-0.1, -0.05) is 11.6 Å². The van der Waals surface area contributed by atoms with Crippen LogP contribution in [0.15, 0.2) is 6.20 Å². The van der Waals surface area contributed by atoms with Crippen LogP contribution in [-0.4, -0.2) is 11.3 Å². The van der Waals surface area contributed by atoms with Crippen molar-refractivity contribution in [3.8, 4) is 6.07 Å². The molecule has 0 amide bonds. The van der Waals surface area contributed by atoms with Crippen LogP contribution in [0.4, 0.5) is 8.78 Å². The van der Waals surface area contributed by atoms with Gasteiger partial charge in [0.15, 0.2) is 6.29 Å². The molecule has 0 saturated heterocycles. The van der Waals surface area contributed by atoms with Gasteiger partial charge in [0.1, 0.15) is 11.2 Å². The highest BCUT2D eigenvalue weighted by Gasteiger charge is 2.20. The van der Waals surface area contributed by atoms with Gasteiger partial charge in [0.25, 0.3) is 6.43 Å². The highest BCUT2D eigenvalue weighted by Crippen LogP contribution is 2.28. The Balaban J connectivity index is 3.54. The van der Waals surface area contributed by atoms with Gasteiger partial charge in [0.2, 0.25) is 0 Å². The molecule has 0 bridgehead atoms. The van der Waals surface area contributed by atoms with Gasteiger partial charge >= 0.3 is 0 Å². The second kappa shape index (κ2) is 4.11. The molecule has 1 aromatic heterocycles. The minimum Gasteiger partial charge on any atom is -0.298 e. The Labute approximate surface area is 82.9 Å². The van der Waals surface area contributed by atoms with Crippen molar-refractivity contribution in [3.05, 3.63) is 28.0 Å². The number of halogens is 3. The van der Waals surface area contributed by atoms with Crippen molar-refractivity contribution in [1.82, 2.24) is 4.98 Å². The lowest BCUT2D eigenvalue weighted by Gasteiger charge is -2.05. The molecule has 0 unspecified atom stereocenters. The molecular formula is C8H3ClF2N2O. The largest absolute Gasteiger partial charge is 0.298 e. The number of carbonyl (C=O) groups is 1. The molecule has 0 N–H and O–H groups in total. The molecule has 6 heteroatoms. The van der Waals surface area contributed by atoms with E-state index in [1.54, 1.807) is 0 Å². The second-order valence-electron chi connectivity index (χ2n) is 2.32. The normalized spacial score (nSPS) is 9.93. The van der Waals surface area contributed by atoms with E-state index in [-0.39, 0.29) is 17.0 Å². The molecule has 72 valence electrons. The van der Waals surface area contributed by atoms with E-state index in [2.05, 4.69) is 4.98 Å². The third-order valence-corrected chi connectivity index (χ3v) is 1.85. The van der Waals surface area contributed by atoms with Gasteiger partial charge in [-0.25, -0.2) is 13.8 Å². The number of pyridine rings is 1. The number of nitrogens with zero attached hydrogens (tertiary/aromatic N) is 2. The predicted molar refractivity (Wildman–Crippen MR) is 44.3 cm³/mol. The summed E-state index contributed by atoms with van der Waals surface area (Å²) >= 11 is 5.42. The maximum atomic E-state index is 12.4. The number of aromatic nitrogens is 1. The first-order valence-corrected chi connectivity index (χ1v) is 3.81. The van der Waals surface area contributed by atoms with Crippen LogP contribution >= 0.6 is 11.6 Å². The lowest BCUT2D eigenvalue weighted by molar-refractivity contribution is 0.110. The van der Waals surface area contributed by atoms with E-state index in [0.29, 0.717) is 0 Å². The minimum absolute atomic E-state index is 0.214. The van der Waals surface area contributed by atoms with Gasteiger partial charge in [-0.2, -0.15) is 5.26 Å². The number of nitriles is 1. The minimum atomic E-state index is -2.93. The van der Waals surface area contributed by atoms with E-state index < -0.39 is 17.6 Å². The maximum absolute atomic E-state index is 12.4. The van der Waals surface area contributed by atoms with Crippen LogP contribution in [0.3, 0.4) is 0 Å². The summed E-state index contributed by atoms with van der Waals surface area (Å²) in [5.74, 6) is 0. The summed E-state index contributed by atoms with van der Waals surface area (Å²) in [5, 5.41) is 8.22. The molecular weight excluding hydrogens is 214 g/mol. The van der Waals surface area contributed by atoms with Crippen LogP contribution < -0.4 is 0 Å². The summed E-state index contributed by atoms with van der Waals surface area (Å²) in [6, 6.07) is 1.49. The van der Waals surface area contributed by atoms with Crippen molar-refractivity contribution in [2.45, 2.75) is 6.43 Å². The molecule has 0 aliphatic rings. The Hall–Kier alpha value is -1.54. The van der Waals surface area contributed by atoms with Gasteiger partial charge in [-0.3, -0.25) is 4.79 Å². The number of aldehydes is 1. The molecule has 0 atom stereocenters. The summed E-state index contributed by atoms with van der Waals surface area (Å²) in [5.41, 5.74) is -1.44. The first-order chi connectivity index (χ1) is 6.61. The van der Waals surface area contributed by atoms with Gasteiger partial charge in [0.05, 0.1) is 11.1 Å². The first kappa shape index (κ1) is 10.5. The topological polar surface area (TPSA) is 53.8 Å². The van der Waals surface area contributed by atoms with Crippen molar-refractivity contribution < 1.29 is 13.6 Å². The Bertz CT molecular complexity index is 415. The van der Waals surface area contributed by atoms with Crippen molar-refractivity contribution in [3.63, 3.8) is 0 Å². The average molecular weight is 217 g/mol. The number of hydrogen-bond acceptors (Lipinski definition) is 3. The average Bonchev–Trinajstić information content (AvgIpc) is 2.17. The molecule has 0 radical (unpaired) electrons. The molecule has 0 aliphatic heterocycles. The lowest BCUT2D eigenvalue weighted by Crippen LogP contribution is -2.00. The first-order valence-electron chi connectivity index (χ1n) is 3.43. The molecule has 0 saturated carbocycles. The summed E-state index contributed by atoms with van der Waals surface area (Å²) in [7, 11) is 0. The maximum Gasteiger partial charge on any atom is 0.265 e. The summed E-state index contributed by atoms with van der Waals surface area (Å²) < 4.78 is 24.9. The van der Waals surface area contributed by atoms with E-state index in [0.717, 1.165) is 6.20 Å². The van der Waals surface area contributed by atoms with Gasteiger partial charge in [-0.05, 0) is 0 Å². The van der Waals surface area contributed by atoms with Crippen molar-refractivity contribution in [2.75, 3.05) is 0 Å². The van der Waals surface area contributed by atoms with E-state index in [1.807, 2.05) is 0 Å². The zero-order valence-electron chi connectivity index (χ0n) is 6.67. The molecule has 1 rings (SSSR count). The zero-order valence-corrected chi connectivity index (χ0v) is 7.42. The molecule has 0 spiro atoms. The Kier molecular flexibility index (Phi) is 3.10. The summed E-state index contributed by atoms with van der Waals surface area (Å²) in [4.78, 5) is 13.8. The number of alkyl halides is 2. The van der Waals surface area contributed by atoms with Crippen molar-refractivity contribution in [2.24, 2.45) is 0 Å². The third-order valence-electron chi connectivity index (χ3n) is 1.56. The van der Waals surface area contributed by atoms with Gasteiger partial charge < -0.3 is 0 Å². The fourth-order valence-corrected chi connectivity index (χ4v) is 1.14. The van der Waals surface area contributed by atoms with Crippen LogP contribution in [0.25, 0.3) is 0 Å². The van der Waals surface area contributed by atoms with Crippen LogP contribution in [0.5, 0.6) is 0 Å². The molecule has 0 fully saturated rings. The number of hydrogen-bond donors (Lipinski definition) is 0. The lowest BCUT2D eigenvalue weighted by atomic mass is 10.1. The fourth-order valence-electron chi connectivity index (χ4n) is 0.951. The Morgan fingerprint density at radius 1 is 1.64 bits per heavy atom. The van der Waals surface area contributed by atoms with E-state index >= 15 is 0 Å². The summed E-state index contributed by atoms with van der Waals surface area (Å²) in [6.07, 6.45) is -1.80. The Morgan fingerprint density at radius 2 is 2.29 bits per heavy atom. The molecule has 0 aromatic carbocycles. The second-order valence-corrected chi connectivity index (χ2v) is 2.68. The van der Waals surface area contributed by atoms with Crippen LogP contribution in [0, 0.1) is 11.3 Å². The van der Waals surface area contributed by atoms with Gasteiger partial charge in [-0.15, -0.1) is 0 Å². The quantitative estimate of drug-likeness (QED) is 0.563. The zero-order chi connectivity index (χ0) is 10.7. The van der Waals surface area contributed by atoms with Crippen LogP contribution in [0.2, 0.25) is 5.15 Å². The molecule has 1 heterocycles. The number of rotatable bonds is 2. The highest BCUT2D eigenvalue weighted by molar-refractivity contribution is 6.30. The molecule has 3 nitrogen and oxygen atoms in total. The van der Waals surface area contributed by atoms with Gasteiger partial charge in [0, 0.05) is 11.8 Å². The highest BCUT2D eigenvalue weighted by atomic mass is 35.5. The standard InChI is InChI=1S/C8H3ClF2N2O/c9-7-5(1-12)6(8(10)11)4(3-14)2-13-7/h2-3,8H. The number of carbonyl (C=O) groups excluding carboxylic acids is 1. The van der Waals surface area contributed by atoms with Crippen molar-refractivity contribution >= 4 is 17.9 Å². The molecule has 0 aliphatic carbocycles. The van der Waals surface area contributed by atoms with Crippen molar-refractivity contribution in [1.29, 1.82) is 5.26 Å². The SMILES string of the molecule is N#Cc1c(Cl)ncc(C=O)c1C(F)F. The monoisotopic (exact) mass is 216 g/mol. The van der Waals surface area contributed by atoms with E-state index in [9.17, 15) is 13.6 Å². The van der Waals surface area contributed by atoms with E-state index in [1.165, 1.54) is 6.07 Å². The van der Waals surface area contributed by atoms with Crippen LogP contribution in [0.1, 0.15) is 27.9 Å². The fraction of sp³-hybridized carbons (Fsp3) is 0.125. The van der Waals surface area contributed by atoms with E-state index in [4.69, 9.17) is 16.9 Å². The summed E-state index contributed by atoms with van der Waals surface area (Å²) in [6.45, 7) is 0. The molecule has 14 heavy (non-hydrogen) atoms. The Morgan fingerprint density at radius 3 is 2.71 bits per heavy atom.